The molecule has 0 heterocycles. The minimum atomic E-state index is -3.41. The third-order valence-corrected chi connectivity index (χ3v) is 6.02. The lowest BCUT2D eigenvalue weighted by Gasteiger charge is -2.23. The molecular formula is C21H32IN5O2S. The van der Waals surface area contributed by atoms with Gasteiger partial charge in [0, 0.05) is 38.9 Å². The van der Waals surface area contributed by atoms with Crippen LogP contribution in [-0.2, 0) is 16.6 Å². The van der Waals surface area contributed by atoms with E-state index in [2.05, 4.69) is 56.4 Å². The molecule has 0 aliphatic carbocycles. The van der Waals surface area contributed by atoms with Crippen LogP contribution in [0.4, 0.5) is 5.69 Å². The molecule has 0 fully saturated rings. The third kappa shape index (κ3) is 8.11. The van der Waals surface area contributed by atoms with E-state index >= 15 is 0 Å². The Balaban J connectivity index is 0.00000450. The second-order valence-electron chi connectivity index (χ2n) is 6.47. The summed E-state index contributed by atoms with van der Waals surface area (Å²) in [7, 11) is -0.267. The average Bonchev–Trinajstić information content (AvgIpc) is 2.76. The number of anilines is 1. The van der Waals surface area contributed by atoms with Crippen molar-refractivity contribution in [1.29, 1.82) is 0 Å². The molecule has 0 amide bonds. The standard InChI is InChI=1S/C21H31N5O2S.HI/c1-4-26(19-9-6-5-7-10-19)16-8-15-24-21(22-2)25-17-18-11-13-20(14-12-18)29(27,28)23-3;/h5-7,9-14,23H,4,8,15-17H2,1-3H3,(H2,22,24,25);1H. The van der Waals surface area contributed by atoms with Crippen LogP contribution in [0.1, 0.15) is 18.9 Å². The lowest BCUT2D eigenvalue weighted by Crippen LogP contribution is -2.38. The first-order chi connectivity index (χ1) is 14.0. The van der Waals surface area contributed by atoms with E-state index in [0.29, 0.717) is 6.54 Å². The van der Waals surface area contributed by atoms with E-state index in [1.165, 1.54) is 12.7 Å². The molecule has 9 heteroatoms. The van der Waals surface area contributed by atoms with Gasteiger partial charge in [-0.05, 0) is 50.2 Å². The predicted molar refractivity (Wildman–Crippen MR) is 135 cm³/mol. The van der Waals surface area contributed by atoms with Gasteiger partial charge in [0.05, 0.1) is 4.90 Å². The summed E-state index contributed by atoms with van der Waals surface area (Å²) in [4.78, 5) is 6.84. The number of hydrogen-bond acceptors (Lipinski definition) is 4. The minimum absolute atomic E-state index is 0. The normalized spacial score (nSPS) is 11.5. The largest absolute Gasteiger partial charge is 0.372 e. The molecule has 0 aliphatic heterocycles. The fourth-order valence-corrected chi connectivity index (χ4v) is 3.63. The van der Waals surface area contributed by atoms with Gasteiger partial charge in [0.2, 0.25) is 10.0 Å². The van der Waals surface area contributed by atoms with Crippen LogP contribution in [0, 0.1) is 0 Å². The summed E-state index contributed by atoms with van der Waals surface area (Å²) in [5.74, 6) is 0.722. The predicted octanol–water partition coefficient (Wildman–Crippen LogP) is 2.79. The molecule has 2 rings (SSSR count). The zero-order valence-corrected chi connectivity index (χ0v) is 20.9. The van der Waals surface area contributed by atoms with Gasteiger partial charge in [0.1, 0.15) is 0 Å². The summed E-state index contributed by atoms with van der Waals surface area (Å²) in [5, 5.41) is 6.57. The van der Waals surface area contributed by atoms with Crippen molar-refractivity contribution in [2.24, 2.45) is 4.99 Å². The number of nitrogens with one attached hydrogen (secondary N) is 3. The van der Waals surface area contributed by atoms with E-state index in [1.807, 2.05) is 6.07 Å². The number of halogens is 1. The van der Waals surface area contributed by atoms with E-state index < -0.39 is 10.0 Å². The monoisotopic (exact) mass is 545 g/mol. The van der Waals surface area contributed by atoms with Crippen molar-refractivity contribution in [1.82, 2.24) is 15.4 Å². The average molecular weight is 545 g/mol. The van der Waals surface area contributed by atoms with Crippen LogP contribution < -0.4 is 20.3 Å². The van der Waals surface area contributed by atoms with Gasteiger partial charge >= 0.3 is 0 Å². The van der Waals surface area contributed by atoms with Gasteiger partial charge in [-0.1, -0.05) is 30.3 Å². The molecule has 0 bridgehead atoms. The second-order valence-corrected chi connectivity index (χ2v) is 8.36. The number of guanidine groups is 1. The second kappa shape index (κ2) is 13.5. The van der Waals surface area contributed by atoms with Gasteiger partial charge in [-0.15, -0.1) is 24.0 Å². The van der Waals surface area contributed by atoms with Crippen LogP contribution >= 0.6 is 24.0 Å². The molecule has 0 unspecified atom stereocenters. The number of para-hydroxylation sites is 1. The van der Waals surface area contributed by atoms with Crippen molar-refractivity contribution in [3.8, 4) is 0 Å². The molecule has 2 aromatic rings. The van der Waals surface area contributed by atoms with Crippen LogP contribution in [0.3, 0.4) is 0 Å². The summed E-state index contributed by atoms with van der Waals surface area (Å²) in [5.41, 5.74) is 2.21. The maximum absolute atomic E-state index is 11.8. The van der Waals surface area contributed by atoms with Crippen LogP contribution in [0.15, 0.2) is 64.5 Å². The zero-order chi connectivity index (χ0) is 21.1. The Bertz CT molecular complexity index is 874. The fourth-order valence-electron chi connectivity index (χ4n) is 2.90. The summed E-state index contributed by atoms with van der Waals surface area (Å²) in [6.45, 7) is 5.46. The zero-order valence-electron chi connectivity index (χ0n) is 17.8. The van der Waals surface area contributed by atoms with Crippen LogP contribution in [0.5, 0.6) is 0 Å². The van der Waals surface area contributed by atoms with E-state index in [0.717, 1.165) is 37.6 Å². The van der Waals surface area contributed by atoms with Crippen molar-refractivity contribution in [3.05, 3.63) is 60.2 Å². The molecule has 3 N–H and O–H groups in total. The molecule has 30 heavy (non-hydrogen) atoms. The molecule has 0 atom stereocenters. The summed E-state index contributed by atoms with van der Waals surface area (Å²) in [6, 6.07) is 17.2. The van der Waals surface area contributed by atoms with Crippen LogP contribution in [0.25, 0.3) is 0 Å². The number of rotatable bonds is 10. The summed E-state index contributed by atoms with van der Waals surface area (Å²) < 4.78 is 25.9. The Labute approximate surface area is 197 Å². The Hall–Kier alpha value is -1.85. The van der Waals surface area contributed by atoms with Gasteiger partial charge in [0.25, 0.3) is 0 Å². The highest BCUT2D eigenvalue weighted by atomic mass is 127. The molecule has 0 saturated carbocycles. The van der Waals surface area contributed by atoms with Gasteiger partial charge in [0.15, 0.2) is 5.96 Å². The first-order valence-corrected chi connectivity index (χ1v) is 11.3. The number of sulfonamides is 1. The Morgan fingerprint density at radius 2 is 1.70 bits per heavy atom. The van der Waals surface area contributed by atoms with Crippen molar-refractivity contribution in [2.75, 3.05) is 38.6 Å². The Morgan fingerprint density at radius 3 is 2.27 bits per heavy atom. The van der Waals surface area contributed by atoms with Gasteiger partial charge < -0.3 is 15.5 Å². The minimum Gasteiger partial charge on any atom is -0.372 e. The van der Waals surface area contributed by atoms with Crippen LogP contribution in [-0.4, -0.2) is 48.1 Å². The van der Waals surface area contributed by atoms with Crippen molar-refractivity contribution >= 4 is 45.6 Å². The highest BCUT2D eigenvalue weighted by molar-refractivity contribution is 14.0. The molecule has 0 aliphatic rings. The highest BCUT2D eigenvalue weighted by Crippen LogP contribution is 2.13. The molecule has 2 aromatic carbocycles. The summed E-state index contributed by atoms with van der Waals surface area (Å²) in [6.07, 6.45) is 0.986. The summed E-state index contributed by atoms with van der Waals surface area (Å²) >= 11 is 0. The molecule has 0 spiro atoms. The Morgan fingerprint density at radius 1 is 1.03 bits per heavy atom. The van der Waals surface area contributed by atoms with Crippen molar-refractivity contribution in [3.63, 3.8) is 0 Å². The molecule has 7 nitrogen and oxygen atoms in total. The molecule has 166 valence electrons. The molecule has 0 saturated heterocycles. The maximum Gasteiger partial charge on any atom is 0.240 e. The smallest absolute Gasteiger partial charge is 0.240 e. The van der Waals surface area contributed by atoms with E-state index in [1.54, 1.807) is 31.3 Å². The molecular weight excluding hydrogens is 513 g/mol. The van der Waals surface area contributed by atoms with Gasteiger partial charge in [-0.25, -0.2) is 13.1 Å². The highest BCUT2D eigenvalue weighted by Gasteiger charge is 2.10. The lowest BCUT2D eigenvalue weighted by atomic mass is 10.2. The molecule has 0 radical (unpaired) electrons. The van der Waals surface area contributed by atoms with Crippen molar-refractivity contribution < 1.29 is 8.42 Å². The number of benzene rings is 2. The number of nitrogens with zero attached hydrogens (tertiary/aromatic N) is 2. The van der Waals surface area contributed by atoms with Gasteiger partial charge in [-0.2, -0.15) is 0 Å². The first-order valence-electron chi connectivity index (χ1n) is 9.77. The van der Waals surface area contributed by atoms with Gasteiger partial charge in [-0.3, -0.25) is 4.99 Å². The Kier molecular flexibility index (Phi) is 11.7. The number of aliphatic imine (C=N–C) groups is 1. The van der Waals surface area contributed by atoms with E-state index in [9.17, 15) is 8.42 Å². The van der Waals surface area contributed by atoms with Crippen molar-refractivity contribution in [2.45, 2.75) is 24.8 Å². The van der Waals surface area contributed by atoms with E-state index in [-0.39, 0.29) is 28.9 Å². The SMILES string of the molecule is CCN(CCCNC(=NC)NCc1ccc(S(=O)(=O)NC)cc1)c1ccccc1.I. The quantitative estimate of drug-likeness (QED) is 0.185. The third-order valence-electron chi connectivity index (χ3n) is 4.59. The maximum atomic E-state index is 11.8. The molecule has 0 aromatic heterocycles. The number of hydrogen-bond donors (Lipinski definition) is 3. The van der Waals surface area contributed by atoms with Crippen LogP contribution in [0.2, 0.25) is 0 Å². The fraction of sp³-hybridized carbons (Fsp3) is 0.381. The topological polar surface area (TPSA) is 85.8 Å². The van der Waals surface area contributed by atoms with E-state index in [4.69, 9.17) is 0 Å². The lowest BCUT2D eigenvalue weighted by molar-refractivity contribution is 0.588. The first kappa shape index (κ1) is 26.2.